The number of ether oxygens (including phenoxy) is 1. The molecule has 0 spiro atoms. The molecular formula is C10H23N2O2+. The van der Waals surface area contributed by atoms with Crippen LogP contribution in [0.4, 0.5) is 0 Å². The molecule has 1 rings (SSSR count). The van der Waals surface area contributed by atoms with Gasteiger partial charge in [0.1, 0.15) is 0 Å². The summed E-state index contributed by atoms with van der Waals surface area (Å²) < 4.78 is 5.48. The van der Waals surface area contributed by atoms with E-state index in [9.17, 15) is 5.11 Å². The van der Waals surface area contributed by atoms with Crippen molar-refractivity contribution >= 4 is 0 Å². The smallest absolute Gasteiger partial charge is 0.216 e. The standard InChI is InChI=1S/C10H22N2O2/c1-10(2,3)14-9(13)12(4)8-5-6-11-7-8/h8-9,11,13H,5-7H2,1-4H3/p+1/t8-,9?/m1/s1. The summed E-state index contributed by atoms with van der Waals surface area (Å²) in [6.07, 6.45) is 0.340. The van der Waals surface area contributed by atoms with Crippen LogP contribution in [0.2, 0.25) is 0 Å². The Kier molecular flexibility index (Phi) is 3.89. The molecule has 0 saturated carbocycles. The van der Waals surface area contributed by atoms with Crippen LogP contribution < -0.4 is 5.32 Å². The summed E-state index contributed by atoms with van der Waals surface area (Å²) in [4.78, 5) is 1.91. The van der Waals surface area contributed by atoms with Gasteiger partial charge in [0, 0.05) is 6.42 Å². The van der Waals surface area contributed by atoms with Gasteiger partial charge in [0.25, 0.3) is 0 Å². The molecule has 3 N–H and O–H groups in total. The Bertz CT molecular complexity index is 173. The Morgan fingerprint density at radius 1 is 1.50 bits per heavy atom. The molecule has 1 aliphatic heterocycles. The van der Waals surface area contributed by atoms with Gasteiger partial charge in [-0.3, -0.25) is 0 Å². The number of nitrogens with two attached hydrogens (primary N) is 1. The number of nitrogens with zero attached hydrogens (tertiary/aromatic N) is 1. The van der Waals surface area contributed by atoms with Crippen molar-refractivity contribution in [2.24, 2.45) is 0 Å². The molecule has 0 aromatic carbocycles. The number of aliphatic hydroxyl groups excluding tert-OH is 1. The van der Waals surface area contributed by atoms with Crippen molar-refractivity contribution in [1.29, 1.82) is 0 Å². The lowest BCUT2D eigenvalue weighted by Gasteiger charge is -2.32. The molecule has 0 aliphatic carbocycles. The molecule has 0 amide bonds. The lowest BCUT2D eigenvalue weighted by atomic mass is 10.2. The number of hydrogen-bond acceptors (Lipinski definition) is 3. The van der Waals surface area contributed by atoms with Crippen molar-refractivity contribution in [2.75, 3.05) is 20.1 Å². The summed E-state index contributed by atoms with van der Waals surface area (Å²) in [5.74, 6) is 0. The summed E-state index contributed by atoms with van der Waals surface area (Å²) in [5, 5.41) is 12.1. The number of quaternary nitrogens is 1. The second kappa shape index (κ2) is 4.57. The molecule has 0 aromatic heterocycles. The highest BCUT2D eigenvalue weighted by molar-refractivity contribution is 4.70. The number of aliphatic hydroxyl groups is 1. The fourth-order valence-corrected chi connectivity index (χ4v) is 1.69. The first-order chi connectivity index (χ1) is 6.40. The molecule has 1 fully saturated rings. The molecular weight excluding hydrogens is 180 g/mol. The van der Waals surface area contributed by atoms with E-state index in [-0.39, 0.29) is 5.60 Å². The molecule has 0 bridgehead atoms. The third kappa shape index (κ3) is 3.53. The molecule has 1 aliphatic rings. The van der Waals surface area contributed by atoms with E-state index >= 15 is 0 Å². The van der Waals surface area contributed by atoms with Crippen LogP contribution in [0.1, 0.15) is 27.2 Å². The van der Waals surface area contributed by atoms with E-state index in [0.29, 0.717) is 6.04 Å². The zero-order valence-corrected chi connectivity index (χ0v) is 9.66. The molecule has 1 unspecified atom stereocenters. The molecule has 1 heterocycles. The van der Waals surface area contributed by atoms with Gasteiger partial charge in [-0.1, -0.05) is 0 Å². The average molecular weight is 203 g/mol. The lowest BCUT2D eigenvalue weighted by Crippen LogP contribution is -2.82. The van der Waals surface area contributed by atoms with Gasteiger partial charge in [-0.2, -0.15) is 0 Å². The van der Waals surface area contributed by atoms with Gasteiger partial charge >= 0.3 is 0 Å². The van der Waals surface area contributed by atoms with Crippen molar-refractivity contribution in [3.05, 3.63) is 0 Å². The average Bonchev–Trinajstić information content (AvgIpc) is 2.51. The van der Waals surface area contributed by atoms with Gasteiger partial charge in [0.05, 0.1) is 24.7 Å². The second-order valence-corrected chi connectivity index (χ2v) is 4.98. The van der Waals surface area contributed by atoms with Gasteiger partial charge in [-0.15, -0.1) is 0 Å². The first-order valence-corrected chi connectivity index (χ1v) is 5.29. The van der Waals surface area contributed by atoms with E-state index in [1.807, 2.05) is 32.7 Å². The van der Waals surface area contributed by atoms with Crippen molar-refractivity contribution in [2.45, 2.75) is 45.2 Å². The second-order valence-electron chi connectivity index (χ2n) is 4.98. The predicted octanol–water partition coefficient (Wildman–Crippen LogP) is -0.655. The van der Waals surface area contributed by atoms with Crippen LogP contribution in [-0.2, 0) is 4.74 Å². The first kappa shape index (κ1) is 11.9. The maximum Gasteiger partial charge on any atom is 0.216 e. The van der Waals surface area contributed by atoms with Crippen LogP contribution in [0.25, 0.3) is 0 Å². The maximum absolute atomic E-state index is 9.80. The zero-order chi connectivity index (χ0) is 10.8. The van der Waals surface area contributed by atoms with E-state index in [0.717, 1.165) is 19.5 Å². The van der Waals surface area contributed by atoms with Crippen LogP contribution in [0.5, 0.6) is 0 Å². The zero-order valence-electron chi connectivity index (χ0n) is 9.66. The largest absolute Gasteiger partial charge is 0.356 e. The quantitative estimate of drug-likeness (QED) is 0.599. The SMILES string of the molecule is CN(C(O)OC(C)(C)C)[C@@H]1CC[NH2+]C1. The summed E-state index contributed by atoms with van der Waals surface area (Å²) in [5.41, 5.74) is -0.296. The van der Waals surface area contributed by atoms with Crippen LogP contribution in [-0.4, -0.2) is 48.2 Å². The third-order valence-corrected chi connectivity index (χ3v) is 2.53. The van der Waals surface area contributed by atoms with Crippen LogP contribution in [0.3, 0.4) is 0 Å². The normalized spacial score (nSPS) is 25.7. The van der Waals surface area contributed by atoms with Crippen LogP contribution in [0, 0.1) is 0 Å². The third-order valence-electron chi connectivity index (χ3n) is 2.53. The molecule has 4 nitrogen and oxygen atoms in total. The van der Waals surface area contributed by atoms with E-state index in [1.54, 1.807) is 0 Å². The van der Waals surface area contributed by atoms with Crippen LogP contribution in [0.15, 0.2) is 0 Å². The Labute approximate surface area is 86.2 Å². The fraction of sp³-hybridized carbons (Fsp3) is 1.00. The minimum Gasteiger partial charge on any atom is -0.356 e. The Balaban J connectivity index is 2.39. The van der Waals surface area contributed by atoms with E-state index in [2.05, 4.69) is 5.32 Å². The van der Waals surface area contributed by atoms with Crippen molar-refractivity contribution in [1.82, 2.24) is 4.90 Å². The number of hydrogen-bond donors (Lipinski definition) is 2. The summed E-state index contributed by atoms with van der Waals surface area (Å²) in [6.45, 7) is 8.05. The highest BCUT2D eigenvalue weighted by atomic mass is 16.6. The Morgan fingerprint density at radius 3 is 2.57 bits per heavy atom. The highest BCUT2D eigenvalue weighted by Gasteiger charge is 2.29. The lowest BCUT2D eigenvalue weighted by molar-refractivity contribution is -0.637. The molecule has 84 valence electrons. The van der Waals surface area contributed by atoms with Gasteiger partial charge < -0.3 is 15.2 Å². The minimum atomic E-state index is -0.786. The van der Waals surface area contributed by atoms with Gasteiger partial charge in [-0.25, -0.2) is 4.90 Å². The Hall–Kier alpha value is -0.160. The van der Waals surface area contributed by atoms with Crippen molar-refractivity contribution < 1.29 is 15.2 Å². The minimum absolute atomic E-state index is 0.296. The number of rotatable bonds is 3. The fourth-order valence-electron chi connectivity index (χ4n) is 1.69. The summed E-state index contributed by atoms with van der Waals surface area (Å²) in [6, 6.07) is 0.437. The monoisotopic (exact) mass is 203 g/mol. The van der Waals surface area contributed by atoms with Gasteiger partial charge in [0.2, 0.25) is 6.41 Å². The first-order valence-electron chi connectivity index (χ1n) is 5.29. The predicted molar refractivity (Wildman–Crippen MR) is 54.7 cm³/mol. The molecule has 0 radical (unpaired) electrons. The molecule has 2 atom stereocenters. The number of likely N-dealkylation sites (N-methyl/N-ethyl adjacent to an activating group) is 1. The van der Waals surface area contributed by atoms with E-state index in [4.69, 9.17) is 4.74 Å². The molecule has 1 saturated heterocycles. The Morgan fingerprint density at radius 2 is 2.14 bits per heavy atom. The summed E-state index contributed by atoms with van der Waals surface area (Å²) >= 11 is 0. The topological polar surface area (TPSA) is 49.3 Å². The highest BCUT2D eigenvalue weighted by Crippen LogP contribution is 2.14. The van der Waals surface area contributed by atoms with E-state index < -0.39 is 6.41 Å². The summed E-state index contributed by atoms with van der Waals surface area (Å²) in [7, 11) is 1.92. The van der Waals surface area contributed by atoms with Gasteiger partial charge in [-0.05, 0) is 27.8 Å². The molecule has 0 aromatic rings. The van der Waals surface area contributed by atoms with E-state index in [1.165, 1.54) is 0 Å². The van der Waals surface area contributed by atoms with Crippen molar-refractivity contribution in [3.8, 4) is 0 Å². The molecule has 4 heteroatoms. The molecule has 14 heavy (non-hydrogen) atoms. The van der Waals surface area contributed by atoms with Crippen molar-refractivity contribution in [3.63, 3.8) is 0 Å². The maximum atomic E-state index is 9.80. The van der Waals surface area contributed by atoms with Crippen LogP contribution >= 0.6 is 0 Å². The van der Waals surface area contributed by atoms with Gasteiger partial charge in [0.15, 0.2) is 0 Å².